The van der Waals surface area contributed by atoms with Crippen LogP contribution in [0.4, 0.5) is 0 Å². The number of rotatable bonds is 10. The van der Waals surface area contributed by atoms with Gasteiger partial charge >= 0.3 is 0 Å². The fourth-order valence-electron chi connectivity index (χ4n) is 2.96. The zero-order valence-corrected chi connectivity index (χ0v) is 16.7. The van der Waals surface area contributed by atoms with Crippen LogP contribution in [0.15, 0.2) is 39.8 Å². The van der Waals surface area contributed by atoms with Gasteiger partial charge in [0.15, 0.2) is 11.7 Å². The van der Waals surface area contributed by atoms with E-state index in [9.17, 15) is 5.11 Å². The van der Waals surface area contributed by atoms with E-state index in [0.717, 1.165) is 56.2 Å². The molecule has 0 radical (unpaired) electrons. The first-order chi connectivity index (χ1) is 13.2. The van der Waals surface area contributed by atoms with E-state index in [-0.39, 0.29) is 0 Å². The molecule has 0 bridgehead atoms. The van der Waals surface area contributed by atoms with E-state index in [1.54, 1.807) is 12.1 Å². The molecular weight excluding hydrogens is 340 g/mol. The molecule has 0 aliphatic heterocycles. The number of phenolic OH excluding ortho intramolecular Hbond substituents is 1. The van der Waals surface area contributed by atoms with Crippen molar-refractivity contribution in [2.45, 2.75) is 58.9 Å². The lowest BCUT2D eigenvalue weighted by molar-refractivity contribution is 0.372. The highest BCUT2D eigenvalue weighted by Gasteiger charge is 2.12. The van der Waals surface area contributed by atoms with E-state index in [0.29, 0.717) is 18.2 Å². The average Bonchev–Trinajstić information content (AvgIpc) is 3.14. The summed E-state index contributed by atoms with van der Waals surface area (Å²) in [5, 5.41) is 20.1. The summed E-state index contributed by atoms with van der Waals surface area (Å²) < 4.78 is 5.44. The normalized spacial score (nSPS) is 11.8. The first-order valence-corrected chi connectivity index (χ1v) is 9.91. The Balaban J connectivity index is 1.82. The van der Waals surface area contributed by atoms with Crippen molar-refractivity contribution in [2.24, 2.45) is 4.99 Å². The van der Waals surface area contributed by atoms with Gasteiger partial charge in [-0.05, 0) is 50.3 Å². The summed E-state index contributed by atoms with van der Waals surface area (Å²) in [7, 11) is 0. The molecule has 6 heteroatoms. The maximum absolute atomic E-state index is 9.32. The van der Waals surface area contributed by atoms with Crippen molar-refractivity contribution in [3.63, 3.8) is 0 Å². The third-order valence-electron chi connectivity index (χ3n) is 4.59. The van der Waals surface area contributed by atoms with Crippen molar-refractivity contribution in [3.8, 4) is 5.75 Å². The van der Waals surface area contributed by atoms with Gasteiger partial charge in [0.2, 0.25) is 0 Å². The van der Waals surface area contributed by atoms with Crippen molar-refractivity contribution in [1.82, 2.24) is 15.8 Å². The Morgan fingerprint density at radius 3 is 2.56 bits per heavy atom. The molecule has 3 N–H and O–H groups in total. The number of aromatic hydroxyl groups is 1. The van der Waals surface area contributed by atoms with Gasteiger partial charge in [-0.25, -0.2) is 4.99 Å². The highest BCUT2D eigenvalue weighted by Crippen LogP contribution is 2.22. The quantitative estimate of drug-likeness (QED) is 0.334. The summed E-state index contributed by atoms with van der Waals surface area (Å²) in [6.07, 6.45) is 4.07. The first kappa shape index (κ1) is 20.8. The Morgan fingerprint density at radius 1 is 1.15 bits per heavy atom. The summed E-state index contributed by atoms with van der Waals surface area (Å²) in [5.74, 6) is 2.33. The van der Waals surface area contributed by atoms with Crippen LogP contribution < -0.4 is 10.6 Å². The smallest absolute Gasteiger partial charge is 0.191 e. The Bertz CT molecular complexity index is 690. The second kappa shape index (κ2) is 11.3. The van der Waals surface area contributed by atoms with Gasteiger partial charge in [-0.3, -0.25) is 0 Å². The summed E-state index contributed by atoms with van der Waals surface area (Å²) in [6.45, 7) is 8.49. The number of aliphatic imine (C=N–C) groups is 1. The van der Waals surface area contributed by atoms with Gasteiger partial charge < -0.3 is 20.3 Å². The van der Waals surface area contributed by atoms with Crippen LogP contribution in [-0.4, -0.2) is 29.3 Å². The minimum Gasteiger partial charge on any atom is -0.508 e. The molecule has 0 aliphatic carbocycles. The summed E-state index contributed by atoms with van der Waals surface area (Å²) >= 11 is 0. The zero-order chi connectivity index (χ0) is 19.5. The van der Waals surface area contributed by atoms with Crippen LogP contribution in [0.2, 0.25) is 0 Å². The third kappa shape index (κ3) is 6.96. The molecule has 2 aromatic rings. The highest BCUT2D eigenvalue weighted by molar-refractivity contribution is 5.79. The number of hydrogen-bond acceptors (Lipinski definition) is 4. The Kier molecular flexibility index (Phi) is 8.68. The van der Waals surface area contributed by atoms with Gasteiger partial charge in [-0.2, -0.15) is 0 Å². The maximum atomic E-state index is 9.32. The molecule has 2 rings (SSSR count). The van der Waals surface area contributed by atoms with Crippen LogP contribution in [0.5, 0.6) is 5.75 Å². The lowest BCUT2D eigenvalue weighted by Gasteiger charge is -2.11. The standard InChI is InChI=1S/C21H32N4O2/c1-4-17(5-2)20-14-19(27-25-20)15-24-21(22-6-3)23-13-7-8-16-9-11-18(26)12-10-16/h9-12,14,17,26H,4-8,13,15H2,1-3H3,(H2,22,23,24). The molecular formula is C21H32N4O2. The lowest BCUT2D eigenvalue weighted by Crippen LogP contribution is -2.37. The predicted octanol–water partition coefficient (Wildman–Crippen LogP) is 3.97. The molecule has 1 aromatic heterocycles. The van der Waals surface area contributed by atoms with Crippen LogP contribution in [0.3, 0.4) is 0 Å². The minimum absolute atomic E-state index is 0.304. The van der Waals surface area contributed by atoms with Gasteiger partial charge in [0.25, 0.3) is 0 Å². The Morgan fingerprint density at radius 2 is 1.89 bits per heavy atom. The van der Waals surface area contributed by atoms with E-state index in [4.69, 9.17) is 4.52 Å². The molecule has 0 amide bonds. The van der Waals surface area contributed by atoms with Gasteiger partial charge in [0, 0.05) is 25.1 Å². The van der Waals surface area contributed by atoms with Crippen LogP contribution in [0.25, 0.3) is 0 Å². The van der Waals surface area contributed by atoms with Crippen LogP contribution >= 0.6 is 0 Å². The molecule has 0 saturated heterocycles. The van der Waals surface area contributed by atoms with E-state index < -0.39 is 0 Å². The van der Waals surface area contributed by atoms with E-state index in [1.165, 1.54) is 5.56 Å². The van der Waals surface area contributed by atoms with Gasteiger partial charge in [0.1, 0.15) is 12.3 Å². The minimum atomic E-state index is 0.304. The average molecular weight is 373 g/mol. The largest absolute Gasteiger partial charge is 0.508 e. The van der Waals surface area contributed by atoms with E-state index in [2.05, 4.69) is 34.6 Å². The number of aromatic nitrogens is 1. The molecule has 0 aliphatic rings. The summed E-state index contributed by atoms with van der Waals surface area (Å²) in [5.41, 5.74) is 2.24. The second-order valence-corrected chi connectivity index (χ2v) is 6.62. The summed E-state index contributed by atoms with van der Waals surface area (Å²) in [4.78, 5) is 4.59. The number of guanidine groups is 1. The first-order valence-electron chi connectivity index (χ1n) is 9.91. The number of phenols is 1. The number of hydrogen-bond donors (Lipinski definition) is 3. The Hall–Kier alpha value is -2.50. The van der Waals surface area contributed by atoms with Crippen molar-refractivity contribution in [1.29, 1.82) is 0 Å². The van der Waals surface area contributed by atoms with Crippen LogP contribution in [0.1, 0.15) is 63.0 Å². The number of benzene rings is 1. The monoisotopic (exact) mass is 372 g/mol. The molecule has 0 spiro atoms. The number of nitrogens with zero attached hydrogens (tertiary/aromatic N) is 2. The van der Waals surface area contributed by atoms with Crippen LogP contribution in [0, 0.1) is 0 Å². The highest BCUT2D eigenvalue weighted by atomic mass is 16.5. The molecule has 1 aromatic carbocycles. The van der Waals surface area contributed by atoms with Gasteiger partial charge in [0.05, 0.1) is 5.69 Å². The van der Waals surface area contributed by atoms with Crippen molar-refractivity contribution in [3.05, 3.63) is 47.3 Å². The van der Waals surface area contributed by atoms with Crippen LogP contribution in [-0.2, 0) is 13.0 Å². The predicted molar refractivity (Wildman–Crippen MR) is 109 cm³/mol. The van der Waals surface area contributed by atoms with Crippen molar-refractivity contribution >= 4 is 5.96 Å². The second-order valence-electron chi connectivity index (χ2n) is 6.62. The molecule has 6 nitrogen and oxygen atoms in total. The fraction of sp³-hybridized carbons (Fsp3) is 0.524. The number of aryl methyl sites for hydroxylation is 1. The van der Waals surface area contributed by atoms with Gasteiger partial charge in [-0.15, -0.1) is 0 Å². The molecule has 0 fully saturated rings. The van der Waals surface area contributed by atoms with E-state index in [1.807, 2.05) is 25.1 Å². The zero-order valence-electron chi connectivity index (χ0n) is 16.7. The molecule has 27 heavy (non-hydrogen) atoms. The topological polar surface area (TPSA) is 82.7 Å². The molecule has 1 heterocycles. The van der Waals surface area contributed by atoms with Crippen molar-refractivity contribution in [2.75, 3.05) is 13.1 Å². The van der Waals surface area contributed by atoms with E-state index >= 15 is 0 Å². The molecule has 0 saturated carbocycles. The summed E-state index contributed by atoms with van der Waals surface area (Å²) in [6, 6.07) is 9.38. The Labute approximate surface area is 162 Å². The molecule has 0 atom stereocenters. The lowest BCUT2D eigenvalue weighted by atomic mass is 9.99. The maximum Gasteiger partial charge on any atom is 0.191 e. The SMILES string of the molecule is CCNC(=NCc1cc(C(CC)CC)no1)NCCCc1ccc(O)cc1. The number of nitrogens with one attached hydrogen (secondary N) is 2. The third-order valence-corrected chi connectivity index (χ3v) is 4.59. The molecule has 148 valence electrons. The van der Waals surface area contributed by atoms with Gasteiger partial charge in [-0.1, -0.05) is 31.1 Å². The molecule has 0 unspecified atom stereocenters. The fourth-order valence-corrected chi connectivity index (χ4v) is 2.96. The van der Waals surface area contributed by atoms with Crippen molar-refractivity contribution < 1.29 is 9.63 Å².